The lowest BCUT2D eigenvalue weighted by atomic mass is 9.70. The van der Waals surface area contributed by atoms with Crippen molar-refractivity contribution >= 4 is 39.4 Å². The maximum absolute atomic E-state index is 14.9. The minimum Gasteiger partial charge on any atom is -0.344 e. The summed E-state index contributed by atoms with van der Waals surface area (Å²) in [7, 11) is -3.57. The molecule has 5 amide bonds. The number of sulfone groups is 1. The molecule has 0 aromatic rings. The van der Waals surface area contributed by atoms with E-state index in [-0.39, 0.29) is 41.4 Å². The summed E-state index contributed by atoms with van der Waals surface area (Å²) in [6.45, 7) is 11.4. The Morgan fingerprint density at radius 1 is 0.904 bits per heavy atom. The Hall–Kier alpha value is -3.14. The second kappa shape index (κ2) is 14.9. The summed E-state index contributed by atoms with van der Waals surface area (Å²) in [6.07, 6.45) is 15.3. The van der Waals surface area contributed by atoms with E-state index in [1.807, 2.05) is 6.92 Å². The second-order valence-corrected chi connectivity index (χ2v) is 21.1. The zero-order chi connectivity index (χ0) is 38.3. The van der Waals surface area contributed by atoms with Crippen molar-refractivity contribution in [1.29, 1.82) is 0 Å². The maximum Gasteiger partial charge on any atom is 0.315 e. The zero-order valence-electron chi connectivity index (χ0n) is 32.1. The number of hydrogen-bond donors (Lipinski definition) is 4. The number of amides is 5. The molecule has 4 N–H and O–H groups in total. The summed E-state index contributed by atoms with van der Waals surface area (Å²) in [5, 5.41) is 11.4. The monoisotopic (exact) mass is 743 g/mol. The Bertz CT molecular complexity index is 1560. The Balaban J connectivity index is 1.40. The first-order valence-electron chi connectivity index (χ1n) is 19.4. The van der Waals surface area contributed by atoms with Gasteiger partial charge in [0.2, 0.25) is 17.6 Å². The largest absolute Gasteiger partial charge is 0.344 e. The van der Waals surface area contributed by atoms with E-state index < -0.39 is 67.3 Å². The average molecular weight is 744 g/mol. The molecule has 0 aromatic carbocycles. The number of piperidine rings is 1. The number of carbonyl (C=O) groups excluding carboxylic acids is 5. The standard InChI is InChI=1S/C39H61N5O7S/c1-8-21-40-33(47)30(45)27(22-25-15-16-25)41-32(46)29-28-26(37(28,5)6)23-44(29)34(48)31(38(7)17-11-9-12-18-38)42-35(49)43-39(19-13-10-14-20-39)24-52(50,51)36(2,3)4/h1,25-29,31H,9-24H2,2-7H3,(H,40,47)(H,41,46)(H2,42,43,49)/t26-,27?,28?,29-,31+/m0/s1. The van der Waals surface area contributed by atoms with Crippen LogP contribution in [-0.2, 0) is 29.0 Å². The molecule has 5 fully saturated rings. The first kappa shape index (κ1) is 40.1. The van der Waals surface area contributed by atoms with E-state index in [0.29, 0.717) is 38.6 Å². The van der Waals surface area contributed by atoms with E-state index in [1.54, 1.807) is 25.7 Å². The van der Waals surface area contributed by atoms with Gasteiger partial charge in [-0.25, -0.2) is 13.2 Å². The maximum atomic E-state index is 14.9. The Kier molecular flexibility index (Phi) is 11.5. The van der Waals surface area contributed by atoms with E-state index in [9.17, 15) is 32.4 Å². The highest BCUT2D eigenvalue weighted by molar-refractivity contribution is 7.92. The molecular weight excluding hydrogens is 683 g/mol. The van der Waals surface area contributed by atoms with Gasteiger partial charge < -0.3 is 26.2 Å². The van der Waals surface area contributed by atoms with E-state index in [1.165, 1.54) is 0 Å². The van der Waals surface area contributed by atoms with Gasteiger partial charge in [-0.15, -0.1) is 6.42 Å². The van der Waals surface area contributed by atoms with Crippen LogP contribution in [0.3, 0.4) is 0 Å². The molecule has 2 unspecified atom stereocenters. The SMILES string of the molecule is C#CCNC(=O)C(=O)C(CC1CC1)NC(=O)[C@@H]1C2[C@H](CN1C(=O)[C@@H](NC(=O)NC1(CS(=O)(=O)C(C)(C)C)CCCCC1)C1(C)CCCCC1)C2(C)C. The number of hydrogen-bond acceptors (Lipinski definition) is 7. The topological polar surface area (TPSA) is 171 Å². The molecule has 5 rings (SSSR count). The number of terminal acetylenes is 1. The Morgan fingerprint density at radius 3 is 2.06 bits per heavy atom. The van der Waals surface area contributed by atoms with Gasteiger partial charge >= 0.3 is 6.03 Å². The number of nitrogens with zero attached hydrogens (tertiary/aromatic N) is 1. The lowest BCUT2D eigenvalue weighted by molar-refractivity contribution is -0.146. The second-order valence-electron chi connectivity index (χ2n) is 18.3. The highest BCUT2D eigenvalue weighted by Gasteiger charge is 2.70. The van der Waals surface area contributed by atoms with Crippen LogP contribution in [0.1, 0.15) is 125 Å². The highest BCUT2D eigenvalue weighted by atomic mass is 32.2. The van der Waals surface area contributed by atoms with Crippen LogP contribution in [0.4, 0.5) is 4.79 Å². The summed E-state index contributed by atoms with van der Waals surface area (Å²) < 4.78 is 25.9. The van der Waals surface area contributed by atoms with Gasteiger partial charge in [0.05, 0.1) is 28.6 Å². The summed E-state index contributed by atoms with van der Waals surface area (Å²) in [4.78, 5) is 70.7. The molecule has 0 bridgehead atoms. The molecule has 0 aromatic heterocycles. The predicted molar refractivity (Wildman–Crippen MR) is 198 cm³/mol. The lowest BCUT2D eigenvalue weighted by Crippen LogP contribution is -2.65. The molecule has 0 spiro atoms. The molecule has 0 radical (unpaired) electrons. The first-order valence-corrected chi connectivity index (χ1v) is 21.1. The van der Waals surface area contributed by atoms with Crippen molar-refractivity contribution in [2.45, 2.75) is 153 Å². The van der Waals surface area contributed by atoms with E-state index >= 15 is 0 Å². The molecule has 1 heterocycles. The number of nitrogens with one attached hydrogen (secondary N) is 4. The van der Waals surface area contributed by atoms with Crippen molar-refractivity contribution in [3.05, 3.63) is 0 Å². The van der Waals surface area contributed by atoms with E-state index in [2.05, 4.69) is 41.0 Å². The van der Waals surface area contributed by atoms with Crippen molar-refractivity contribution in [2.75, 3.05) is 18.8 Å². The minimum atomic E-state index is -3.57. The third-order valence-corrected chi connectivity index (χ3v) is 15.8. The summed E-state index contributed by atoms with van der Waals surface area (Å²) in [5.74, 6) is -0.175. The van der Waals surface area contributed by atoms with Crippen LogP contribution in [0.2, 0.25) is 0 Å². The molecule has 1 saturated heterocycles. The number of ketones is 1. The summed E-state index contributed by atoms with van der Waals surface area (Å²) in [5.41, 5.74) is -1.75. The van der Waals surface area contributed by atoms with Crippen LogP contribution in [0, 0.1) is 40.9 Å². The highest BCUT2D eigenvalue weighted by Crippen LogP contribution is 2.65. The summed E-state index contributed by atoms with van der Waals surface area (Å²) >= 11 is 0. The van der Waals surface area contributed by atoms with E-state index in [4.69, 9.17) is 6.42 Å². The zero-order valence-corrected chi connectivity index (χ0v) is 32.9. The van der Waals surface area contributed by atoms with E-state index in [0.717, 1.165) is 51.4 Å². The fraction of sp³-hybridized carbons (Fsp3) is 0.821. The van der Waals surface area contributed by atoms with Crippen molar-refractivity contribution in [3.8, 4) is 12.3 Å². The fourth-order valence-corrected chi connectivity index (χ4v) is 10.8. The average Bonchev–Trinajstić information content (AvgIpc) is 3.92. The minimum absolute atomic E-state index is 0.0606. The van der Waals surface area contributed by atoms with Crippen LogP contribution >= 0.6 is 0 Å². The third kappa shape index (κ3) is 8.47. The molecule has 1 aliphatic heterocycles. The first-order chi connectivity index (χ1) is 24.3. The number of Topliss-reactive ketones (excluding diaryl/α,β-unsaturated/α-hetero) is 1. The molecule has 5 aliphatic rings. The molecule has 4 aliphatic carbocycles. The molecule has 12 nitrogen and oxygen atoms in total. The van der Waals surface area contributed by atoms with Gasteiger partial charge in [-0.2, -0.15) is 0 Å². The Morgan fingerprint density at radius 2 is 1.50 bits per heavy atom. The molecular formula is C39H61N5O7S. The lowest BCUT2D eigenvalue weighted by Gasteiger charge is -2.44. The van der Waals surface area contributed by atoms with Crippen LogP contribution < -0.4 is 21.3 Å². The number of rotatable bonds is 13. The smallest absolute Gasteiger partial charge is 0.315 e. The number of fused-ring (bicyclic) bond motifs is 1. The van der Waals surface area contributed by atoms with Crippen LogP contribution in [0.5, 0.6) is 0 Å². The summed E-state index contributed by atoms with van der Waals surface area (Å²) in [6, 6.07) is -3.45. The molecule has 52 heavy (non-hydrogen) atoms. The van der Waals surface area contributed by atoms with Crippen LogP contribution in [0.25, 0.3) is 0 Å². The third-order valence-electron chi connectivity index (χ3n) is 13.0. The van der Waals surface area contributed by atoms with Crippen LogP contribution in [0.15, 0.2) is 0 Å². The van der Waals surface area contributed by atoms with Crippen molar-refractivity contribution < 1.29 is 32.4 Å². The Labute approximate surface area is 310 Å². The van der Waals surface area contributed by atoms with Gasteiger partial charge in [-0.1, -0.05) is 78.1 Å². The normalized spacial score (nSPS) is 27.2. The van der Waals surface area contributed by atoms with Crippen molar-refractivity contribution in [2.24, 2.45) is 28.6 Å². The number of carbonyl (C=O) groups is 5. The number of likely N-dealkylation sites (tertiary alicyclic amines) is 1. The van der Waals surface area contributed by atoms with Gasteiger partial charge in [-0.05, 0) is 81.5 Å². The van der Waals surface area contributed by atoms with Gasteiger partial charge in [0.25, 0.3) is 5.91 Å². The molecule has 5 atom stereocenters. The number of urea groups is 1. The molecule has 290 valence electrons. The van der Waals surface area contributed by atoms with Crippen molar-refractivity contribution in [1.82, 2.24) is 26.2 Å². The van der Waals surface area contributed by atoms with Gasteiger partial charge in [0, 0.05) is 6.54 Å². The van der Waals surface area contributed by atoms with Gasteiger partial charge in [-0.3, -0.25) is 19.2 Å². The quantitative estimate of drug-likeness (QED) is 0.165. The van der Waals surface area contributed by atoms with Gasteiger partial charge in [0.1, 0.15) is 12.1 Å². The molecule has 4 saturated carbocycles. The van der Waals surface area contributed by atoms with Crippen molar-refractivity contribution in [3.63, 3.8) is 0 Å². The van der Waals surface area contributed by atoms with Gasteiger partial charge in [0.15, 0.2) is 9.84 Å². The molecule has 13 heteroatoms. The van der Waals surface area contributed by atoms with Crippen LogP contribution in [-0.4, -0.2) is 90.1 Å². The predicted octanol–water partition coefficient (Wildman–Crippen LogP) is 3.63. The fourth-order valence-electron chi connectivity index (χ4n) is 9.24.